The van der Waals surface area contributed by atoms with Crippen molar-refractivity contribution in [1.29, 1.82) is 0 Å². The summed E-state index contributed by atoms with van der Waals surface area (Å²) in [6.45, 7) is 0. The van der Waals surface area contributed by atoms with Gasteiger partial charge in [-0.3, -0.25) is 0 Å². The van der Waals surface area contributed by atoms with E-state index < -0.39 is 0 Å². The molecule has 9 heavy (non-hydrogen) atoms. The van der Waals surface area contributed by atoms with Crippen LogP contribution in [0.15, 0.2) is 0 Å². The van der Waals surface area contributed by atoms with Gasteiger partial charge in [0.05, 0.1) is 0 Å². The minimum atomic E-state index is 0.355. The third-order valence-electron chi connectivity index (χ3n) is 2.43. The molecule has 3 aliphatic rings. The molecule has 3 rings (SSSR count). The lowest BCUT2D eigenvalue weighted by Gasteiger charge is -2.11. The van der Waals surface area contributed by atoms with E-state index in [0.717, 1.165) is 12.8 Å². The first-order chi connectivity index (χ1) is 4.36. The zero-order valence-corrected chi connectivity index (χ0v) is 5.03. The summed E-state index contributed by atoms with van der Waals surface area (Å²) >= 11 is 0. The zero-order chi connectivity index (χ0) is 6.01. The second-order valence-corrected chi connectivity index (χ2v) is 3.20. The summed E-state index contributed by atoms with van der Waals surface area (Å²) < 4.78 is 7.00. The Hall–Kier alpha value is -0.440. The molecule has 4 unspecified atom stereocenters. The van der Waals surface area contributed by atoms with Crippen molar-refractivity contribution in [3.8, 4) is 0 Å². The first kappa shape index (κ1) is 4.39. The second-order valence-electron chi connectivity index (χ2n) is 3.20. The van der Waals surface area contributed by atoms with E-state index in [1.54, 1.807) is 0 Å². The van der Waals surface area contributed by atoms with Crippen LogP contribution in [0.2, 0.25) is 0 Å². The predicted molar refractivity (Wildman–Crippen MR) is 29.1 cm³/mol. The van der Waals surface area contributed by atoms with Crippen molar-refractivity contribution in [3.63, 3.8) is 0 Å². The van der Waals surface area contributed by atoms with Crippen molar-refractivity contribution >= 4 is 0 Å². The van der Waals surface area contributed by atoms with E-state index in [1.807, 2.05) is 0 Å². The molecule has 3 nitrogen and oxygen atoms in total. The van der Waals surface area contributed by atoms with Crippen molar-refractivity contribution in [1.82, 2.24) is 0 Å². The van der Waals surface area contributed by atoms with Crippen molar-refractivity contribution in [3.05, 3.63) is 5.53 Å². The Morgan fingerprint density at radius 1 is 1.22 bits per heavy atom. The SMILES string of the molecule is [N-]=[N+]1C2CC2OC2CC21. The average Bonchev–Trinajstić information content (AvgIpc) is 2.57. The lowest BCUT2D eigenvalue weighted by atomic mass is 10.5. The van der Waals surface area contributed by atoms with Crippen LogP contribution >= 0.6 is 0 Å². The monoisotopic (exact) mass is 124 g/mol. The van der Waals surface area contributed by atoms with Gasteiger partial charge in [0.1, 0.15) is 12.2 Å². The number of fused-ring (bicyclic) bond motifs is 2. The van der Waals surface area contributed by atoms with Crippen molar-refractivity contribution in [2.45, 2.75) is 37.1 Å². The number of rotatable bonds is 0. The highest BCUT2D eigenvalue weighted by Gasteiger charge is 2.63. The van der Waals surface area contributed by atoms with Gasteiger partial charge in [0, 0.05) is 12.8 Å². The number of hydrogen-bond donors (Lipinski definition) is 0. The van der Waals surface area contributed by atoms with Crippen molar-refractivity contribution in [2.24, 2.45) is 0 Å². The van der Waals surface area contributed by atoms with Crippen LogP contribution in [-0.2, 0) is 4.74 Å². The lowest BCUT2D eigenvalue weighted by Crippen LogP contribution is -2.26. The molecule has 0 bridgehead atoms. The highest BCUT2D eigenvalue weighted by molar-refractivity contribution is 5.01. The Morgan fingerprint density at radius 3 is 2.33 bits per heavy atom. The summed E-state index contributed by atoms with van der Waals surface area (Å²) in [7, 11) is 0. The molecule has 1 saturated heterocycles. The first-order valence-corrected chi connectivity index (χ1v) is 3.49. The van der Waals surface area contributed by atoms with Crippen LogP contribution in [0.4, 0.5) is 0 Å². The Balaban J connectivity index is 1.95. The summed E-state index contributed by atoms with van der Waals surface area (Å²) in [5.41, 5.74) is 9.28. The molecule has 2 aliphatic carbocycles. The fourth-order valence-corrected chi connectivity index (χ4v) is 1.64. The molecule has 2 saturated carbocycles. The number of morpholine rings is 1. The molecule has 0 aromatic carbocycles. The first-order valence-electron chi connectivity index (χ1n) is 3.49. The predicted octanol–water partition coefficient (Wildman–Crippen LogP) is 0.333. The Bertz CT molecular complexity index is 173. The fraction of sp³-hybridized carbons (Fsp3) is 1.00. The molecule has 0 N–H and O–H groups in total. The summed E-state index contributed by atoms with van der Waals surface area (Å²) in [5, 5.41) is 0. The molecule has 0 aromatic rings. The van der Waals surface area contributed by atoms with Crippen LogP contribution in [0.25, 0.3) is 5.53 Å². The summed E-state index contributed by atoms with van der Waals surface area (Å²) in [5.74, 6) is 0. The molecule has 4 atom stereocenters. The molecule has 0 amide bonds. The molecule has 0 radical (unpaired) electrons. The number of hydrogen-bond acceptors (Lipinski definition) is 1. The number of ether oxygens (including phenoxy) is 1. The van der Waals surface area contributed by atoms with Gasteiger partial charge in [-0.15, -0.1) is 0 Å². The third kappa shape index (κ3) is 0.421. The average molecular weight is 124 g/mol. The second kappa shape index (κ2) is 1.06. The normalized spacial score (nSPS) is 60.2. The van der Waals surface area contributed by atoms with E-state index in [0.29, 0.717) is 24.3 Å². The maximum atomic E-state index is 9.28. The Morgan fingerprint density at radius 2 is 1.78 bits per heavy atom. The summed E-state index contributed by atoms with van der Waals surface area (Å²) in [6, 6.07) is 0.711. The molecule has 0 spiro atoms. The minimum absolute atomic E-state index is 0.355. The van der Waals surface area contributed by atoms with Gasteiger partial charge >= 0.3 is 0 Å². The van der Waals surface area contributed by atoms with E-state index in [-0.39, 0.29) is 0 Å². The van der Waals surface area contributed by atoms with Crippen molar-refractivity contribution < 1.29 is 9.43 Å². The van der Waals surface area contributed by atoms with Crippen LogP contribution in [0.5, 0.6) is 0 Å². The van der Waals surface area contributed by atoms with E-state index in [1.165, 1.54) is 4.70 Å². The smallest absolute Gasteiger partial charge is 0.170 e. The van der Waals surface area contributed by atoms with Crippen LogP contribution < -0.4 is 0 Å². The highest BCUT2D eigenvalue weighted by atomic mass is 16.5. The molecule has 1 aliphatic heterocycles. The van der Waals surface area contributed by atoms with Gasteiger partial charge in [-0.05, 0) is 0 Å². The van der Waals surface area contributed by atoms with E-state index in [2.05, 4.69) is 0 Å². The zero-order valence-electron chi connectivity index (χ0n) is 5.03. The molecular weight excluding hydrogens is 116 g/mol. The van der Waals surface area contributed by atoms with Crippen LogP contribution in [0, 0.1) is 0 Å². The molecular formula is C6H8N2O. The topological polar surface area (TPSA) is 34.5 Å². The quantitative estimate of drug-likeness (QED) is 0.428. The molecule has 0 aromatic heterocycles. The largest absolute Gasteiger partial charge is 0.506 e. The van der Waals surface area contributed by atoms with Gasteiger partial charge in [0.2, 0.25) is 0 Å². The molecule has 3 heteroatoms. The Kier molecular flexibility index (Phi) is 0.514. The van der Waals surface area contributed by atoms with E-state index in [9.17, 15) is 5.53 Å². The van der Waals surface area contributed by atoms with Gasteiger partial charge in [-0.25, -0.2) is 0 Å². The number of nitrogens with zero attached hydrogens (tertiary/aromatic N) is 2. The van der Waals surface area contributed by atoms with Gasteiger partial charge in [-0.2, -0.15) is 0 Å². The summed E-state index contributed by atoms with van der Waals surface area (Å²) in [4.78, 5) is 0. The summed E-state index contributed by atoms with van der Waals surface area (Å²) in [6.07, 6.45) is 2.84. The van der Waals surface area contributed by atoms with Gasteiger partial charge in [0.15, 0.2) is 12.1 Å². The van der Waals surface area contributed by atoms with Crippen LogP contribution in [0.3, 0.4) is 0 Å². The van der Waals surface area contributed by atoms with E-state index in [4.69, 9.17) is 4.74 Å². The van der Waals surface area contributed by atoms with Gasteiger partial charge in [-0.1, -0.05) is 0 Å². The van der Waals surface area contributed by atoms with Gasteiger partial charge in [0.25, 0.3) is 0 Å². The fourth-order valence-electron chi connectivity index (χ4n) is 1.64. The standard InChI is InChI=1S/C6H8N2O/c7-8-3-1-5(3)9-6-2-4(6)8/h3-6H,1-2H2. The maximum Gasteiger partial charge on any atom is 0.170 e. The third-order valence-corrected chi connectivity index (χ3v) is 2.43. The van der Waals surface area contributed by atoms with Gasteiger partial charge < -0.3 is 15.0 Å². The molecule has 1 heterocycles. The van der Waals surface area contributed by atoms with Crippen molar-refractivity contribution in [2.75, 3.05) is 0 Å². The molecule has 48 valence electrons. The van der Waals surface area contributed by atoms with E-state index >= 15 is 0 Å². The molecule has 3 fully saturated rings. The van der Waals surface area contributed by atoms with Crippen LogP contribution in [-0.4, -0.2) is 29.0 Å². The highest BCUT2D eigenvalue weighted by Crippen LogP contribution is 2.45. The maximum absolute atomic E-state index is 9.28. The minimum Gasteiger partial charge on any atom is -0.506 e. The Labute approximate surface area is 53.1 Å². The van der Waals surface area contributed by atoms with Crippen LogP contribution in [0.1, 0.15) is 12.8 Å². The lowest BCUT2D eigenvalue weighted by molar-refractivity contribution is -0.593.